The van der Waals surface area contributed by atoms with Gasteiger partial charge in [0.05, 0.1) is 0 Å². The molecule has 0 aliphatic carbocycles. The molecule has 10 heteroatoms. The third-order valence-electron chi connectivity index (χ3n) is 5.77. The van der Waals surface area contributed by atoms with E-state index in [2.05, 4.69) is 5.04 Å². The normalized spacial score (nSPS) is 18.0. The van der Waals surface area contributed by atoms with Crippen molar-refractivity contribution in [1.29, 1.82) is 0 Å². The van der Waals surface area contributed by atoms with E-state index in [4.69, 9.17) is 9.78 Å². The summed E-state index contributed by atoms with van der Waals surface area (Å²) in [5.74, 6) is -2.85. The predicted octanol–water partition coefficient (Wildman–Crippen LogP) is 2.00. The van der Waals surface area contributed by atoms with Crippen LogP contribution >= 0.6 is 0 Å². The second-order valence-corrected chi connectivity index (χ2v) is 8.79. The molecule has 2 rings (SSSR count). The van der Waals surface area contributed by atoms with Gasteiger partial charge in [-0.3, -0.25) is 33.9 Å². The van der Waals surface area contributed by atoms with Crippen molar-refractivity contribution in [2.45, 2.75) is 72.4 Å². The summed E-state index contributed by atoms with van der Waals surface area (Å²) in [7, 11) is 0. The molecule has 10 nitrogen and oxygen atoms in total. The lowest BCUT2D eigenvalue weighted by Crippen LogP contribution is -2.46. The molecule has 0 aromatic heterocycles. The molecule has 0 saturated carbocycles. The van der Waals surface area contributed by atoms with Gasteiger partial charge in [-0.25, -0.2) is 4.79 Å². The van der Waals surface area contributed by atoms with E-state index < -0.39 is 29.4 Å². The zero-order valence-corrected chi connectivity index (χ0v) is 19.3. The van der Waals surface area contributed by atoms with Crippen LogP contribution < -0.4 is 0 Å². The summed E-state index contributed by atoms with van der Waals surface area (Å²) in [6.45, 7) is 10.5. The van der Waals surface area contributed by atoms with Gasteiger partial charge in [0.2, 0.25) is 0 Å². The molecule has 2 aliphatic heterocycles. The maximum atomic E-state index is 12.7. The van der Waals surface area contributed by atoms with E-state index in [9.17, 15) is 24.0 Å². The Morgan fingerprint density at radius 3 is 2.06 bits per heavy atom. The highest BCUT2D eigenvalue weighted by atomic mass is 17.5. The summed E-state index contributed by atoms with van der Waals surface area (Å²) < 4.78 is 0. The van der Waals surface area contributed by atoms with Crippen LogP contribution in [-0.2, 0) is 38.8 Å². The molecule has 2 heterocycles. The van der Waals surface area contributed by atoms with E-state index in [-0.39, 0.29) is 36.3 Å². The second kappa shape index (κ2) is 10.2. The van der Waals surface area contributed by atoms with Gasteiger partial charge in [-0.2, -0.15) is 4.89 Å². The van der Waals surface area contributed by atoms with Gasteiger partial charge in [0.15, 0.2) is 0 Å². The lowest BCUT2D eigenvalue weighted by molar-refractivity contribution is -0.521. The summed E-state index contributed by atoms with van der Waals surface area (Å²) in [6.07, 6.45) is 3.20. The van der Waals surface area contributed by atoms with Crippen LogP contribution in [0.4, 0.5) is 0 Å². The third kappa shape index (κ3) is 5.68. The predicted molar refractivity (Wildman–Crippen MR) is 111 cm³/mol. The molecule has 0 aromatic rings. The second-order valence-electron chi connectivity index (χ2n) is 8.79. The van der Waals surface area contributed by atoms with Crippen molar-refractivity contribution < 1.29 is 38.8 Å². The minimum Gasteiger partial charge on any atom is -0.275 e. The van der Waals surface area contributed by atoms with Crippen molar-refractivity contribution in [3.8, 4) is 0 Å². The molecule has 0 aromatic carbocycles. The SMILES string of the molecule is CC1=CC(=O)N(CCCCC(C(=O)OOOC(C)(C)C(C)C)N2C(=O)C=C(C)C2=O)C1=O. The van der Waals surface area contributed by atoms with Crippen LogP contribution in [0.3, 0.4) is 0 Å². The summed E-state index contributed by atoms with van der Waals surface area (Å²) in [4.78, 5) is 73.0. The first-order valence-corrected chi connectivity index (χ1v) is 10.5. The fourth-order valence-electron chi connectivity index (χ4n) is 3.00. The molecule has 0 radical (unpaired) electrons. The van der Waals surface area contributed by atoms with Crippen LogP contribution in [0, 0.1) is 5.92 Å². The molecular formula is C22H30N2O8. The van der Waals surface area contributed by atoms with E-state index in [1.165, 1.54) is 13.0 Å². The van der Waals surface area contributed by atoms with Crippen LogP contribution in [0.15, 0.2) is 23.3 Å². The Hall–Kier alpha value is -2.85. The Morgan fingerprint density at radius 1 is 0.969 bits per heavy atom. The van der Waals surface area contributed by atoms with Crippen LogP contribution in [0.2, 0.25) is 0 Å². The van der Waals surface area contributed by atoms with Gasteiger partial charge >= 0.3 is 5.97 Å². The van der Waals surface area contributed by atoms with Gasteiger partial charge in [0.1, 0.15) is 11.6 Å². The zero-order valence-electron chi connectivity index (χ0n) is 19.3. The Morgan fingerprint density at radius 2 is 1.56 bits per heavy atom. The molecule has 0 saturated heterocycles. The molecule has 0 fully saturated rings. The van der Waals surface area contributed by atoms with E-state index in [0.29, 0.717) is 18.4 Å². The monoisotopic (exact) mass is 450 g/mol. The summed E-state index contributed by atoms with van der Waals surface area (Å²) >= 11 is 0. The van der Waals surface area contributed by atoms with Gasteiger partial charge in [-0.15, -0.1) is 0 Å². The first-order chi connectivity index (χ1) is 14.9. The van der Waals surface area contributed by atoms with E-state index in [1.54, 1.807) is 20.8 Å². The number of imide groups is 2. The van der Waals surface area contributed by atoms with Gasteiger partial charge in [0, 0.05) is 29.8 Å². The molecule has 2 aliphatic rings. The molecular weight excluding hydrogens is 420 g/mol. The minimum absolute atomic E-state index is 0.0553. The Balaban J connectivity index is 1.98. The molecule has 1 unspecified atom stereocenters. The highest BCUT2D eigenvalue weighted by molar-refractivity contribution is 6.17. The van der Waals surface area contributed by atoms with Crippen molar-refractivity contribution in [3.63, 3.8) is 0 Å². The standard InChI is InChI=1S/C22H30N2O8/c1-13(2)22(5,6)31-32-30-21(29)16(24-18(26)12-15(4)20(24)28)9-7-8-10-23-17(25)11-14(3)19(23)27/h11-13,16H,7-10H2,1-6H3. The number of carbonyl (C=O) groups excluding carboxylic acids is 5. The number of hydrogen-bond donors (Lipinski definition) is 0. The molecule has 4 amide bonds. The number of unbranched alkanes of at least 4 members (excludes halogenated alkanes) is 1. The van der Waals surface area contributed by atoms with Crippen molar-refractivity contribution in [2.24, 2.45) is 5.92 Å². The molecule has 1 atom stereocenters. The summed E-state index contributed by atoms with van der Waals surface area (Å²) in [5.41, 5.74) is -0.165. The number of rotatable bonds is 11. The van der Waals surface area contributed by atoms with Crippen molar-refractivity contribution in [2.75, 3.05) is 6.54 Å². The van der Waals surface area contributed by atoms with Crippen molar-refractivity contribution >= 4 is 29.6 Å². The van der Waals surface area contributed by atoms with Gasteiger partial charge in [0.25, 0.3) is 23.6 Å². The van der Waals surface area contributed by atoms with Gasteiger partial charge in [-0.05, 0) is 57.9 Å². The van der Waals surface area contributed by atoms with E-state index in [0.717, 1.165) is 15.9 Å². The van der Waals surface area contributed by atoms with E-state index >= 15 is 0 Å². The molecule has 0 N–H and O–H groups in total. The van der Waals surface area contributed by atoms with Crippen LogP contribution in [-0.4, -0.2) is 57.6 Å². The van der Waals surface area contributed by atoms with Gasteiger partial charge < -0.3 is 0 Å². The topological polar surface area (TPSA) is 120 Å². The number of carbonyl (C=O) groups is 5. The lowest BCUT2D eigenvalue weighted by atomic mass is 9.95. The highest BCUT2D eigenvalue weighted by Crippen LogP contribution is 2.23. The van der Waals surface area contributed by atoms with Gasteiger partial charge in [-0.1, -0.05) is 13.8 Å². The number of amides is 4. The molecule has 176 valence electrons. The molecule has 0 bridgehead atoms. The first kappa shape index (κ1) is 25.4. The average molecular weight is 450 g/mol. The fraction of sp³-hybridized carbons (Fsp3) is 0.591. The average Bonchev–Trinajstić information content (AvgIpc) is 3.09. The van der Waals surface area contributed by atoms with Crippen LogP contribution in [0.1, 0.15) is 60.8 Å². The van der Waals surface area contributed by atoms with Crippen LogP contribution in [0.25, 0.3) is 0 Å². The first-order valence-electron chi connectivity index (χ1n) is 10.5. The lowest BCUT2D eigenvalue weighted by Gasteiger charge is -2.27. The third-order valence-corrected chi connectivity index (χ3v) is 5.77. The molecule has 32 heavy (non-hydrogen) atoms. The molecule has 0 spiro atoms. The maximum absolute atomic E-state index is 12.7. The quantitative estimate of drug-likeness (QED) is 0.203. The van der Waals surface area contributed by atoms with Crippen molar-refractivity contribution in [3.05, 3.63) is 23.3 Å². The smallest absolute Gasteiger partial charge is 0.275 e. The maximum Gasteiger partial charge on any atom is 0.368 e. The Labute approximate surface area is 187 Å². The fourth-order valence-corrected chi connectivity index (χ4v) is 3.00. The number of hydrogen-bond acceptors (Lipinski definition) is 8. The highest BCUT2D eigenvalue weighted by Gasteiger charge is 2.40. The summed E-state index contributed by atoms with van der Waals surface area (Å²) in [6, 6.07) is -1.24. The minimum atomic E-state index is -1.24. The number of nitrogens with zero attached hydrogens (tertiary/aromatic N) is 2. The van der Waals surface area contributed by atoms with Crippen LogP contribution in [0.5, 0.6) is 0 Å². The Bertz CT molecular complexity index is 871. The summed E-state index contributed by atoms with van der Waals surface area (Å²) in [5, 5.41) is 4.67. The van der Waals surface area contributed by atoms with Crippen molar-refractivity contribution in [1.82, 2.24) is 9.80 Å². The Kier molecular flexibility index (Phi) is 8.08. The zero-order chi connectivity index (χ0) is 24.2. The largest absolute Gasteiger partial charge is 0.368 e. The van der Waals surface area contributed by atoms with E-state index in [1.807, 2.05) is 13.8 Å².